The number of benzene rings is 3. The van der Waals surface area contributed by atoms with E-state index in [2.05, 4.69) is 5.32 Å². The lowest BCUT2D eigenvalue weighted by atomic mass is 9.82. The Hall–Kier alpha value is -3.44. The molecule has 0 unspecified atom stereocenters. The number of nitrogens with zero attached hydrogens (tertiary/aromatic N) is 1. The fourth-order valence-corrected chi connectivity index (χ4v) is 4.35. The van der Waals surface area contributed by atoms with Crippen LogP contribution in [0.2, 0.25) is 0 Å². The van der Waals surface area contributed by atoms with E-state index in [0.717, 1.165) is 11.0 Å². The van der Waals surface area contributed by atoms with E-state index in [0.29, 0.717) is 10.5 Å². The van der Waals surface area contributed by atoms with Crippen molar-refractivity contribution in [3.63, 3.8) is 0 Å². The van der Waals surface area contributed by atoms with Crippen LogP contribution in [0, 0.1) is 18.3 Å². The Kier molecular flexibility index (Phi) is 6.99. The van der Waals surface area contributed by atoms with Gasteiger partial charge in [-0.3, -0.25) is 4.79 Å². The van der Waals surface area contributed by atoms with Crippen LogP contribution in [0.4, 0.5) is 18.9 Å². The predicted octanol–water partition coefficient (Wildman–Crippen LogP) is 7.29. The Morgan fingerprint density at radius 1 is 1.00 bits per heavy atom. The molecule has 0 aromatic heterocycles. The van der Waals surface area contributed by atoms with Crippen LogP contribution in [-0.4, -0.2) is 11.0 Å². The molecule has 8 heteroatoms. The number of alkyl halides is 3. The number of hydrogen-bond acceptors (Lipinski definition) is 4. The van der Waals surface area contributed by atoms with Crippen molar-refractivity contribution < 1.29 is 23.1 Å². The molecule has 0 heterocycles. The molecule has 0 radical (unpaired) electrons. The van der Waals surface area contributed by atoms with Crippen molar-refractivity contribution in [3.05, 3.63) is 82.4 Å². The molecule has 0 atom stereocenters. The highest BCUT2D eigenvalue weighted by Gasteiger charge is 2.35. The molecule has 0 spiro atoms. The maximum atomic E-state index is 13.9. The first-order chi connectivity index (χ1) is 15.8. The minimum absolute atomic E-state index is 0.165. The fourth-order valence-electron chi connectivity index (χ4n) is 3.47. The number of phenolic OH excluding ortho intramolecular Hbond substituents is 1. The largest absolute Gasteiger partial charge is 0.507 e. The highest BCUT2D eigenvalue weighted by atomic mass is 32.2. The lowest BCUT2D eigenvalue weighted by Gasteiger charge is -2.24. The second-order valence-corrected chi connectivity index (χ2v) is 9.90. The summed E-state index contributed by atoms with van der Waals surface area (Å²) >= 11 is 1.17. The maximum Gasteiger partial charge on any atom is 0.418 e. The number of nitrogens with one attached hydrogen (secondary N) is 1. The molecule has 34 heavy (non-hydrogen) atoms. The van der Waals surface area contributed by atoms with Crippen molar-refractivity contribution in [1.82, 2.24) is 0 Å². The first kappa shape index (κ1) is 25.2. The first-order valence-corrected chi connectivity index (χ1v) is 11.2. The number of amides is 1. The topological polar surface area (TPSA) is 73.1 Å². The Balaban J connectivity index is 2.04. The van der Waals surface area contributed by atoms with E-state index in [4.69, 9.17) is 0 Å². The minimum atomic E-state index is -4.72. The van der Waals surface area contributed by atoms with Crippen molar-refractivity contribution in [3.8, 4) is 11.8 Å². The van der Waals surface area contributed by atoms with Crippen molar-refractivity contribution in [2.45, 2.75) is 49.1 Å². The summed E-state index contributed by atoms with van der Waals surface area (Å²) in [4.78, 5) is 14.2. The Morgan fingerprint density at radius 3 is 2.21 bits per heavy atom. The molecular formula is C26H23F3N2O2S. The highest BCUT2D eigenvalue weighted by molar-refractivity contribution is 7.99. The van der Waals surface area contributed by atoms with Gasteiger partial charge in [-0.25, -0.2) is 0 Å². The number of nitriles is 1. The second-order valence-electron chi connectivity index (χ2n) is 8.76. The number of hydrogen-bond donors (Lipinski definition) is 2. The van der Waals surface area contributed by atoms with Gasteiger partial charge in [-0.15, -0.1) is 0 Å². The van der Waals surface area contributed by atoms with Gasteiger partial charge in [-0.05, 0) is 54.3 Å². The van der Waals surface area contributed by atoms with Gasteiger partial charge in [0.1, 0.15) is 5.75 Å². The van der Waals surface area contributed by atoms with Crippen molar-refractivity contribution in [2.75, 3.05) is 5.32 Å². The van der Waals surface area contributed by atoms with E-state index < -0.39 is 28.7 Å². The molecule has 0 bridgehead atoms. The second kappa shape index (κ2) is 9.43. The van der Waals surface area contributed by atoms with E-state index in [1.807, 2.05) is 12.1 Å². The smallest absolute Gasteiger partial charge is 0.418 e. The molecule has 176 valence electrons. The SMILES string of the molecule is Cc1c(C#N)cc(C(C)(C)C)c(O)c1C(=O)Nc1ccc(Sc2ccccc2)cc1C(F)(F)F. The molecule has 4 nitrogen and oxygen atoms in total. The van der Waals surface area contributed by atoms with Gasteiger partial charge in [0.05, 0.1) is 28.4 Å². The predicted molar refractivity (Wildman–Crippen MR) is 126 cm³/mol. The van der Waals surface area contributed by atoms with Crippen LogP contribution in [-0.2, 0) is 11.6 Å². The molecule has 0 aliphatic heterocycles. The van der Waals surface area contributed by atoms with Crippen molar-refractivity contribution in [2.24, 2.45) is 0 Å². The normalized spacial score (nSPS) is 11.7. The molecule has 0 saturated carbocycles. The van der Waals surface area contributed by atoms with Gasteiger partial charge >= 0.3 is 6.18 Å². The molecule has 3 aromatic rings. The molecule has 2 N–H and O–H groups in total. The van der Waals surface area contributed by atoms with Crippen LogP contribution in [0.1, 0.15) is 53.4 Å². The van der Waals surface area contributed by atoms with E-state index in [9.17, 15) is 28.3 Å². The maximum absolute atomic E-state index is 13.9. The van der Waals surface area contributed by atoms with Crippen LogP contribution in [0.25, 0.3) is 0 Å². The van der Waals surface area contributed by atoms with Gasteiger partial charge in [0.25, 0.3) is 5.91 Å². The third kappa shape index (κ3) is 5.37. The van der Waals surface area contributed by atoms with Gasteiger partial charge in [-0.1, -0.05) is 50.7 Å². The molecule has 3 rings (SSSR count). The molecule has 0 aliphatic carbocycles. The fraction of sp³-hybridized carbons (Fsp3) is 0.231. The zero-order valence-electron chi connectivity index (χ0n) is 19.0. The van der Waals surface area contributed by atoms with Crippen LogP contribution in [0.15, 0.2) is 64.4 Å². The van der Waals surface area contributed by atoms with Crippen LogP contribution >= 0.6 is 11.8 Å². The zero-order valence-corrected chi connectivity index (χ0v) is 19.9. The monoisotopic (exact) mass is 484 g/mol. The van der Waals surface area contributed by atoms with Gasteiger partial charge in [-0.2, -0.15) is 18.4 Å². The summed E-state index contributed by atoms with van der Waals surface area (Å²) in [6, 6.07) is 16.1. The lowest BCUT2D eigenvalue weighted by molar-refractivity contribution is -0.137. The lowest BCUT2D eigenvalue weighted by Crippen LogP contribution is -2.20. The number of anilines is 1. The summed E-state index contributed by atoms with van der Waals surface area (Å²) in [6.45, 7) is 6.87. The third-order valence-electron chi connectivity index (χ3n) is 5.24. The van der Waals surface area contributed by atoms with E-state index in [1.54, 1.807) is 45.0 Å². The summed E-state index contributed by atoms with van der Waals surface area (Å²) in [5, 5.41) is 22.6. The minimum Gasteiger partial charge on any atom is -0.507 e. The molecule has 0 aliphatic rings. The van der Waals surface area contributed by atoms with Crippen LogP contribution in [0.3, 0.4) is 0 Å². The quantitative estimate of drug-likeness (QED) is 0.408. The van der Waals surface area contributed by atoms with E-state index in [1.165, 1.54) is 36.9 Å². The third-order valence-corrected chi connectivity index (χ3v) is 6.24. The number of aromatic hydroxyl groups is 1. The first-order valence-electron chi connectivity index (χ1n) is 10.4. The highest BCUT2D eigenvalue weighted by Crippen LogP contribution is 2.40. The summed E-state index contributed by atoms with van der Waals surface area (Å²) in [6.07, 6.45) is -4.72. The number of rotatable bonds is 4. The van der Waals surface area contributed by atoms with Crippen molar-refractivity contribution in [1.29, 1.82) is 5.26 Å². The zero-order chi connectivity index (χ0) is 25.3. The molecule has 0 fully saturated rings. The summed E-state index contributed by atoms with van der Waals surface area (Å²) in [5.74, 6) is -1.28. The standard InChI is InChI=1S/C26H23F3N2O2S/c1-15-16(14-30)12-20(25(2,3)4)23(32)22(15)24(33)31-21-11-10-18(13-19(21)26(27,28)29)34-17-8-6-5-7-9-17/h5-13,32H,1-4H3,(H,31,33). The van der Waals surface area contributed by atoms with E-state index in [-0.39, 0.29) is 22.4 Å². The summed E-state index contributed by atoms with van der Waals surface area (Å²) in [5.41, 5.74) is -1.56. The van der Waals surface area contributed by atoms with Gasteiger partial charge in [0.15, 0.2) is 0 Å². The molecular weight excluding hydrogens is 461 g/mol. The van der Waals surface area contributed by atoms with Gasteiger partial charge in [0.2, 0.25) is 0 Å². The van der Waals surface area contributed by atoms with Gasteiger partial charge < -0.3 is 10.4 Å². The van der Waals surface area contributed by atoms with Crippen LogP contribution < -0.4 is 5.32 Å². The molecule has 0 saturated heterocycles. The average molecular weight is 485 g/mol. The molecule has 3 aromatic carbocycles. The number of carbonyl (C=O) groups excluding carboxylic acids is 1. The van der Waals surface area contributed by atoms with E-state index >= 15 is 0 Å². The number of halogens is 3. The van der Waals surface area contributed by atoms with Crippen molar-refractivity contribution >= 4 is 23.4 Å². The Labute approximate surface area is 200 Å². The number of phenols is 1. The van der Waals surface area contributed by atoms with Gasteiger partial charge in [0, 0.05) is 15.4 Å². The molecule has 1 amide bonds. The number of carbonyl (C=O) groups is 1. The Bertz CT molecular complexity index is 1270. The summed E-state index contributed by atoms with van der Waals surface area (Å²) < 4.78 is 41.6. The average Bonchev–Trinajstić information content (AvgIpc) is 2.74. The van der Waals surface area contributed by atoms with Crippen LogP contribution in [0.5, 0.6) is 5.75 Å². The summed E-state index contributed by atoms with van der Waals surface area (Å²) in [7, 11) is 0. The Morgan fingerprint density at radius 2 is 1.65 bits per heavy atom.